The lowest BCUT2D eigenvalue weighted by Gasteiger charge is -2.08. The van der Waals surface area contributed by atoms with E-state index in [-0.39, 0.29) is 12.6 Å². The van der Waals surface area contributed by atoms with Crippen molar-refractivity contribution < 1.29 is 19.4 Å². The molecule has 0 spiro atoms. The summed E-state index contributed by atoms with van der Waals surface area (Å²) in [4.78, 5) is 12.3. The van der Waals surface area contributed by atoms with Gasteiger partial charge < -0.3 is 14.6 Å². The number of carbonyl (C=O) groups is 1. The number of esters is 1. The number of aliphatic hydroxyl groups is 1. The molecule has 0 saturated carbocycles. The molecule has 4 heteroatoms. The molecule has 1 N–H and O–H groups in total. The molecule has 0 radical (unpaired) electrons. The summed E-state index contributed by atoms with van der Waals surface area (Å²) in [6.45, 7) is 3.06. The van der Waals surface area contributed by atoms with Crippen molar-refractivity contribution in [1.29, 1.82) is 0 Å². The van der Waals surface area contributed by atoms with E-state index in [1.807, 2.05) is 24.3 Å². The molecule has 0 aliphatic rings. The summed E-state index contributed by atoms with van der Waals surface area (Å²) in [5.74, 6) is 0.935. The van der Waals surface area contributed by atoms with Crippen LogP contribution in [0.5, 0.6) is 11.5 Å². The molecular formula is C23H30O4. The van der Waals surface area contributed by atoms with Gasteiger partial charge in [0.2, 0.25) is 0 Å². The Bertz CT molecular complexity index is 662. The Kier molecular flexibility index (Phi) is 9.42. The first-order valence-electron chi connectivity index (χ1n) is 9.87. The maximum absolute atomic E-state index is 12.3. The minimum atomic E-state index is -0.369. The Morgan fingerprint density at radius 3 is 2.19 bits per heavy atom. The summed E-state index contributed by atoms with van der Waals surface area (Å²) < 4.78 is 11.1. The van der Waals surface area contributed by atoms with Gasteiger partial charge >= 0.3 is 5.97 Å². The first-order chi connectivity index (χ1) is 13.2. The van der Waals surface area contributed by atoms with E-state index < -0.39 is 0 Å². The SMILES string of the molecule is CCCCc1ccc(OC(=O)c2ccc(OCCCCCCO)cc2)cc1. The summed E-state index contributed by atoms with van der Waals surface area (Å²) in [5.41, 5.74) is 1.76. The molecule has 0 aliphatic carbocycles. The maximum atomic E-state index is 12.3. The maximum Gasteiger partial charge on any atom is 0.343 e. The zero-order chi connectivity index (χ0) is 19.3. The lowest BCUT2D eigenvalue weighted by Crippen LogP contribution is -2.08. The zero-order valence-corrected chi connectivity index (χ0v) is 16.2. The predicted molar refractivity (Wildman–Crippen MR) is 108 cm³/mol. The largest absolute Gasteiger partial charge is 0.494 e. The molecule has 0 unspecified atom stereocenters. The molecule has 0 heterocycles. The Morgan fingerprint density at radius 2 is 1.52 bits per heavy atom. The van der Waals surface area contributed by atoms with Gasteiger partial charge in [-0.3, -0.25) is 0 Å². The Labute approximate surface area is 162 Å². The molecule has 27 heavy (non-hydrogen) atoms. The molecule has 2 aromatic rings. The summed E-state index contributed by atoms with van der Waals surface area (Å²) in [5, 5.41) is 8.74. The van der Waals surface area contributed by atoms with Crippen LogP contribution in [0.15, 0.2) is 48.5 Å². The average Bonchev–Trinajstić information content (AvgIpc) is 2.70. The summed E-state index contributed by atoms with van der Waals surface area (Å²) in [6, 6.07) is 14.7. The van der Waals surface area contributed by atoms with E-state index in [4.69, 9.17) is 14.6 Å². The smallest absolute Gasteiger partial charge is 0.343 e. The van der Waals surface area contributed by atoms with Crippen LogP contribution >= 0.6 is 0 Å². The highest BCUT2D eigenvalue weighted by molar-refractivity contribution is 5.91. The quantitative estimate of drug-likeness (QED) is 0.318. The summed E-state index contributed by atoms with van der Waals surface area (Å²) in [6.07, 6.45) is 7.24. The predicted octanol–water partition coefficient (Wildman–Crippen LogP) is 5.18. The molecular weight excluding hydrogens is 340 g/mol. The van der Waals surface area contributed by atoms with Gasteiger partial charge in [-0.1, -0.05) is 31.9 Å². The van der Waals surface area contributed by atoms with Gasteiger partial charge in [-0.25, -0.2) is 4.79 Å². The number of hydrogen-bond acceptors (Lipinski definition) is 4. The fourth-order valence-corrected chi connectivity index (χ4v) is 2.72. The van der Waals surface area contributed by atoms with E-state index in [2.05, 4.69) is 6.92 Å². The molecule has 0 aromatic heterocycles. The van der Waals surface area contributed by atoms with Crippen LogP contribution in [0.1, 0.15) is 61.4 Å². The first kappa shape index (κ1) is 21.0. The van der Waals surface area contributed by atoms with Crippen LogP contribution in [-0.4, -0.2) is 24.3 Å². The number of ether oxygens (including phenoxy) is 2. The monoisotopic (exact) mass is 370 g/mol. The van der Waals surface area contributed by atoms with Crippen molar-refractivity contribution in [3.63, 3.8) is 0 Å². The van der Waals surface area contributed by atoms with Crippen LogP contribution in [0, 0.1) is 0 Å². The molecule has 0 bridgehead atoms. The van der Waals surface area contributed by atoms with Crippen molar-refractivity contribution in [2.75, 3.05) is 13.2 Å². The zero-order valence-electron chi connectivity index (χ0n) is 16.2. The van der Waals surface area contributed by atoms with E-state index >= 15 is 0 Å². The van der Waals surface area contributed by atoms with Crippen molar-refractivity contribution in [3.8, 4) is 11.5 Å². The van der Waals surface area contributed by atoms with Gasteiger partial charge in [0.15, 0.2) is 0 Å². The van der Waals surface area contributed by atoms with Crippen LogP contribution in [0.4, 0.5) is 0 Å². The van der Waals surface area contributed by atoms with Crippen molar-refractivity contribution in [2.24, 2.45) is 0 Å². The number of aliphatic hydroxyl groups excluding tert-OH is 1. The van der Waals surface area contributed by atoms with Crippen LogP contribution in [0.2, 0.25) is 0 Å². The topological polar surface area (TPSA) is 55.8 Å². The van der Waals surface area contributed by atoms with Gasteiger partial charge in [0, 0.05) is 6.61 Å². The van der Waals surface area contributed by atoms with Crippen LogP contribution in [-0.2, 0) is 6.42 Å². The molecule has 2 rings (SSSR count). The van der Waals surface area contributed by atoms with E-state index in [0.29, 0.717) is 17.9 Å². The minimum absolute atomic E-state index is 0.251. The van der Waals surface area contributed by atoms with E-state index in [1.165, 1.54) is 12.0 Å². The van der Waals surface area contributed by atoms with E-state index in [9.17, 15) is 4.79 Å². The average molecular weight is 370 g/mol. The van der Waals surface area contributed by atoms with Crippen molar-refractivity contribution in [2.45, 2.75) is 51.9 Å². The van der Waals surface area contributed by atoms with Gasteiger partial charge in [0.05, 0.1) is 12.2 Å². The summed E-state index contributed by atoms with van der Waals surface area (Å²) >= 11 is 0. The molecule has 0 saturated heterocycles. The normalized spacial score (nSPS) is 10.6. The van der Waals surface area contributed by atoms with Gasteiger partial charge in [-0.2, -0.15) is 0 Å². The highest BCUT2D eigenvalue weighted by atomic mass is 16.5. The second-order valence-electron chi connectivity index (χ2n) is 6.65. The molecule has 4 nitrogen and oxygen atoms in total. The first-order valence-corrected chi connectivity index (χ1v) is 9.87. The van der Waals surface area contributed by atoms with Crippen LogP contribution in [0.3, 0.4) is 0 Å². The van der Waals surface area contributed by atoms with Crippen LogP contribution < -0.4 is 9.47 Å². The number of aryl methyl sites for hydroxylation is 1. The minimum Gasteiger partial charge on any atom is -0.494 e. The molecule has 2 aromatic carbocycles. The number of benzene rings is 2. The lowest BCUT2D eigenvalue weighted by atomic mass is 10.1. The Balaban J connectivity index is 1.77. The second-order valence-corrected chi connectivity index (χ2v) is 6.65. The molecule has 146 valence electrons. The molecule has 0 amide bonds. The lowest BCUT2D eigenvalue weighted by molar-refractivity contribution is 0.0734. The van der Waals surface area contributed by atoms with Crippen molar-refractivity contribution in [3.05, 3.63) is 59.7 Å². The number of rotatable bonds is 12. The number of carbonyl (C=O) groups excluding carboxylic acids is 1. The Hall–Kier alpha value is -2.33. The highest BCUT2D eigenvalue weighted by Gasteiger charge is 2.09. The second kappa shape index (κ2) is 12.1. The molecule has 0 aliphatic heterocycles. The number of unbranched alkanes of at least 4 members (excludes halogenated alkanes) is 4. The third kappa shape index (κ3) is 7.83. The fraction of sp³-hybridized carbons (Fsp3) is 0.435. The van der Waals surface area contributed by atoms with Crippen LogP contribution in [0.25, 0.3) is 0 Å². The molecule has 0 atom stereocenters. The summed E-state index contributed by atoms with van der Waals surface area (Å²) in [7, 11) is 0. The van der Waals surface area contributed by atoms with E-state index in [1.54, 1.807) is 24.3 Å². The third-order valence-corrected chi connectivity index (χ3v) is 4.36. The van der Waals surface area contributed by atoms with Crippen molar-refractivity contribution in [1.82, 2.24) is 0 Å². The third-order valence-electron chi connectivity index (χ3n) is 4.36. The number of hydrogen-bond donors (Lipinski definition) is 1. The molecule has 0 fully saturated rings. The standard InChI is InChI=1S/C23H30O4/c1-2-3-8-19-9-13-22(14-10-19)27-23(25)20-11-15-21(16-12-20)26-18-7-5-4-6-17-24/h9-16,24H,2-8,17-18H2,1H3. The Morgan fingerprint density at radius 1 is 0.852 bits per heavy atom. The highest BCUT2D eigenvalue weighted by Crippen LogP contribution is 2.18. The van der Waals surface area contributed by atoms with Gasteiger partial charge in [-0.05, 0) is 74.1 Å². The fourth-order valence-electron chi connectivity index (χ4n) is 2.72. The van der Waals surface area contributed by atoms with E-state index in [0.717, 1.165) is 44.3 Å². The van der Waals surface area contributed by atoms with Crippen molar-refractivity contribution >= 4 is 5.97 Å². The van der Waals surface area contributed by atoms with Gasteiger partial charge in [-0.15, -0.1) is 0 Å². The van der Waals surface area contributed by atoms with Gasteiger partial charge in [0.25, 0.3) is 0 Å². The van der Waals surface area contributed by atoms with Gasteiger partial charge in [0.1, 0.15) is 11.5 Å².